The second-order valence-corrected chi connectivity index (χ2v) is 3.07. The molecule has 5 nitrogen and oxygen atoms in total. The lowest BCUT2D eigenvalue weighted by Gasteiger charge is -2.23. The van der Waals surface area contributed by atoms with Crippen LogP contribution < -0.4 is 0 Å². The molecule has 0 saturated heterocycles. The predicted molar refractivity (Wildman–Crippen MR) is 40.2 cm³/mol. The number of carbonyl (C=O) groups is 2. The molecule has 3 N–H and O–H groups in total. The molecular formula is C6H9ClO5. The van der Waals surface area contributed by atoms with E-state index in [1.165, 1.54) is 6.92 Å². The first-order valence-corrected chi connectivity index (χ1v) is 3.56. The molecule has 0 aromatic rings. The summed E-state index contributed by atoms with van der Waals surface area (Å²) in [6, 6.07) is 0. The molecule has 2 unspecified atom stereocenters. The molecule has 0 bridgehead atoms. The van der Waals surface area contributed by atoms with Crippen molar-refractivity contribution in [2.24, 2.45) is 0 Å². The molecule has 70 valence electrons. The summed E-state index contributed by atoms with van der Waals surface area (Å²) < 4.78 is 0. The molecule has 0 radical (unpaired) electrons. The molecule has 0 rings (SSSR count). The molecule has 0 aliphatic rings. The molecule has 0 fully saturated rings. The van der Waals surface area contributed by atoms with E-state index in [1.807, 2.05) is 0 Å². The average molecular weight is 197 g/mol. The summed E-state index contributed by atoms with van der Waals surface area (Å²) in [7, 11) is 0. The largest absolute Gasteiger partial charge is 0.481 e. The standard InChI is InChI=1S/C6H9ClO5/c1-3(7)6(12,5(10)11)2-4(8)9/h3,12H,2H2,1H3,(H,8,9)(H,10,11). The van der Waals surface area contributed by atoms with Crippen molar-refractivity contribution >= 4 is 23.5 Å². The Kier molecular flexibility index (Phi) is 3.48. The highest BCUT2D eigenvalue weighted by Crippen LogP contribution is 2.20. The summed E-state index contributed by atoms with van der Waals surface area (Å²) in [5.41, 5.74) is -2.40. The summed E-state index contributed by atoms with van der Waals surface area (Å²) in [4.78, 5) is 20.5. The molecular weight excluding hydrogens is 188 g/mol. The normalized spacial score (nSPS) is 17.9. The first-order valence-electron chi connectivity index (χ1n) is 3.12. The van der Waals surface area contributed by atoms with Crippen molar-refractivity contribution in [3.05, 3.63) is 0 Å². The molecule has 0 aliphatic carbocycles. The molecule has 12 heavy (non-hydrogen) atoms. The van der Waals surface area contributed by atoms with Gasteiger partial charge in [0.15, 0.2) is 5.60 Å². The minimum absolute atomic E-state index is 0.910. The molecule has 0 aromatic carbocycles. The van der Waals surface area contributed by atoms with Gasteiger partial charge in [0.1, 0.15) is 0 Å². The Morgan fingerprint density at radius 3 is 2.00 bits per heavy atom. The van der Waals surface area contributed by atoms with Crippen LogP contribution in [0.1, 0.15) is 13.3 Å². The van der Waals surface area contributed by atoms with Crippen molar-refractivity contribution in [2.45, 2.75) is 24.3 Å². The van der Waals surface area contributed by atoms with Crippen LogP contribution in [-0.2, 0) is 9.59 Å². The van der Waals surface area contributed by atoms with Crippen molar-refractivity contribution in [3.8, 4) is 0 Å². The number of carboxylic acids is 2. The molecule has 0 aromatic heterocycles. The monoisotopic (exact) mass is 196 g/mol. The highest BCUT2D eigenvalue weighted by Gasteiger charge is 2.43. The van der Waals surface area contributed by atoms with Crippen LogP contribution in [0.3, 0.4) is 0 Å². The Morgan fingerprint density at radius 2 is 1.92 bits per heavy atom. The van der Waals surface area contributed by atoms with Gasteiger partial charge in [-0.1, -0.05) is 0 Å². The van der Waals surface area contributed by atoms with Crippen LogP contribution in [0.2, 0.25) is 0 Å². The van der Waals surface area contributed by atoms with Crippen LogP contribution in [-0.4, -0.2) is 38.2 Å². The van der Waals surface area contributed by atoms with Gasteiger partial charge >= 0.3 is 11.9 Å². The average Bonchev–Trinajstić information content (AvgIpc) is 1.84. The fourth-order valence-corrected chi connectivity index (χ4v) is 0.787. The van der Waals surface area contributed by atoms with Crippen molar-refractivity contribution in [1.82, 2.24) is 0 Å². The quantitative estimate of drug-likeness (QED) is 0.546. The van der Waals surface area contributed by atoms with Crippen LogP contribution in [0.25, 0.3) is 0 Å². The van der Waals surface area contributed by atoms with Crippen molar-refractivity contribution in [2.75, 3.05) is 0 Å². The fourth-order valence-electron chi connectivity index (χ4n) is 0.617. The van der Waals surface area contributed by atoms with Crippen molar-refractivity contribution in [1.29, 1.82) is 0 Å². The Balaban J connectivity index is 4.62. The number of halogens is 1. The summed E-state index contributed by atoms with van der Waals surface area (Å²) >= 11 is 5.33. The maximum atomic E-state index is 10.4. The van der Waals surface area contributed by atoms with Crippen LogP contribution >= 0.6 is 11.6 Å². The molecule has 6 heteroatoms. The lowest BCUT2D eigenvalue weighted by Crippen LogP contribution is -2.47. The molecule has 2 atom stereocenters. The van der Waals surface area contributed by atoms with E-state index in [9.17, 15) is 14.7 Å². The Hall–Kier alpha value is -0.810. The third-order valence-electron chi connectivity index (χ3n) is 1.45. The van der Waals surface area contributed by atoms with Crippen LogP contribution in [0.15, 0.2) is 0 Å². The molecule has 0 amide bonds. The van der Waals surface area contributed by atoms with Gasteiger partial charge in [0.05, 0.1) is 11.8 Å². The second-order valence-electron chi connectivity index (χ2n) is 2.42. The zero-order valence-electron chi connectivity index (χ0n) is 6.32. The van der Waals surface area contributed by atoms with E-state index < -0.39 is 29.3 Å². The summed E-state index contributed by atoms with van der Waals surface area (Å²) in [5.74, 6) is -3.04. The van der Waals surface area contributed by atoms with Crippen LogP contribution in [0, 0.1) is 0 Å². The lowest BCUT2D eigenvalue weighted by molar-refractivity contribution is -0.165. The maximum Gasteiger partial charge on any atom is 0.337 e. The SMILES string of the molecule is CC(Cl)C(O)(CC(=O)O)C(=O)O. The number of aliphatic hydroxyl groups is 1. The van der Waals surface area contributed by atoms with Crippen molar-refractivity contribution in [3.63, 3.8) is 0 Å². The maximum absolute atomic E-state index is 10.4. The number of rotatable bonds is 4. The smallest absolute Gasteiger partial charge is 0.337 e. The highest BCUT2D eigenvalue weighted by molar-refractivity contribution is 6.23. The topological polar surface area (TPSA) is 94.8 Å². The van der Waals surface area contributed by atoms with Gasteiger partial charge in [0, 0.05) is 0 Å². The van der Waals surface area contributed by atoms with Gasteiger partial charge in [-0.3, -0.25) is 4.79 Å². The van der Waals surface area contributed by atoms with E-state index in [2.05, 4.69) is 0 Å². The van der Waals surface area contributed by atoms with E-state index in [0.717, 1.165) is 0 Å². The first-order chi connectivity index (χ1) is 5.30. The zero-order chi connectivity index (χ0) is 9.94. The van der Waals surface area contributed by atoms with Crippen LogP contribution in [0.5, 0.6) is 0 Å². The number of alkyl halides is 1. The fraction of sp³-hybridized carbons (Fsp3) is 0.667. The molecule has 0 heterocycles. The Labute approximate surface area is 73.6 Å². The molecule has 0 spiro atoms. The van der Waals surface area contributed by atoms with Gasteiger partial charge in [0.2, 0.25) is 0 Å². The highest BCUT2D eigenvalue weighted by atomic mass is 35.5. The first kappa shape index (κ1) is 11.2. The van der Waals surface area contributed by atoms with E-state index in [1.54, 1.807) is 0 Å². The van der Waals surface area contributed by atoms with Gasteiger partial charge in [-0.25, -0.2) is 4.79 Å². The van der Waals surface area contributed by atoms with E-state index >= 15 is 0 Å². The second kappa shape index (κ2) is 3.73. The third kappa shape index (κ3) is 2.35. The van der Waals surface area contributed by atoms with Gasteiger partial charge in [0.25, 0.3) is 0 Å². The summed E-state index contributed by atoms with van der Waals surface area (Å²) in [6.07, 6.45) is -0.910. The third-order valence-corrected chi connectivity index (χ3v) is 1.81. The van der Waals surface area contributed by atoms with E-state index in [0.29, 0.717) is 0 Å². The summed E-state index contributed by atoms with van der Waals surface area (Å²) in [6.45, 7) is 1.22. The predicted octanol–water partition coefficient (Wildman–Crippen LogP) is -0.0959. The van der Waals surface area contributed by atoms with E-state index in [-0.39, 0.29) is 0 Å². The minimum Gasteiger partial charge on any atom is -0.481 e. The zero-order valence-corrected chi connectivity index (χ0v) is 7.08. The van der Waals surface area contributed by atoms with Gasteiger partial charge in [-0.2, -0.15) is 0 Å². The minimum atomic E-state index is -2.40. The Morgan fingerprint density at radius 1 is 1.50 bits per heavy atom. The van der Waals surface area contributed by atoms with Gasteiger partial charge in [-0.15, -0.1) is 11.6 Å². The van der Waals surface area contributed by atoms with Crippen LogP contribution in [0.4, 0.5) is 0 Å². The van der Waals surface area contributed by atoms with Gasteiger partial charge < -0.3 is 15.3 Å². The number of hydrogen-bond donors (Lipinski definition) is 3. The number of aliphatic carboxylic acids is 2. The molecule has 0 aliphatic heterocycles. The lowest BCUT2D eigenvalue weighted by atomic mass is 9.96. The van der Waals surface area contributed by atoms with Gasteiger partial charge in [-0.05, 0) is 6.92 Å². The Bertz CT molecular complexity index is 202. The summed E-state index contributed by atoms with van der Waals surface area (Å²) in [5, 5.41) is 24.8. The molecule has 0 saturated carbocycles. The van der Waals surface area contributed by atoms with Crippen molar-refractivity contribution < 1.29 is 24.9 Å². The number of hydrogen-bond acceptors (Lipinski definition) is 3. The van der Waals surface area contributed by atoms with E-state index in [4.69, 9.17) is 21.8 Å². The number of carboxylic acid groups (broad SMARTS) is 2.